The molecule has 3 nitrogen and oxygen atoms in total. The first-order chi connectivity index (χ1) is 11.3. The van der Waals surface area contributed by atoms with E-state index in [2.05, 4.69) is 28.7 Å². The van der Waals surface area contributed by atoms with E-state index >= 15 is 0 Å². The van der Waals surface area contributed by atoms with Crippen molar-refractivity contribution in [3.8, 4) is 0 Å². The van der Waals surface area contributed by atoms with Crippen molar-refractivity contribution in [2.75, 3.05) is 12.8 Å². The van der Waals surface area contributed by atoms with Crippen molar-refractivity contribution in [3.05, 3.63) is 71.4 Å². The number of carbonyl (C=O) groups excluding carboxylic acids is 1. The van der Waals surface area contributed by atoms with Gasteiger partial charge >= 0.3 is 0 Å². The van der Waals surface area contributed by atoms with E-state index in [1.165, 1.54) is 16.5 Å². The van der Waals surface area contributed by atoms with Gasteiger partial charge in [-0.1, -0.05) is 30.3 Å². The van der Waals surface area contributed by atoms with Gasteiger partial charge in [0.05, 0.1) is 0 Å². The maximum Gasteiger partial charge on any atom is 0.251 e. The highest BCUT2D eigenvalue weighted by atomic mass is 32.2. The van der Waals surface area contributed by atoms with Crippen molar-refractivity contribution < 1.29 is 4.79 Å². The minimum absolute atomic E-state index is 0.0134. The number of rotatable bonds is 6. The van der Waals surface area contributed by atoms with Gasteiger partial charge in [-0.15, -0.1) is 0 Å². The number of carbonyl (C=O) groups is 1. The third-order valence-corrected chi connectivity index (χ3v) is 4.50. The van der Waals surface area contributed by atoms with Gasteiger partial charge in [0.25, 0.3) is 5.91 Å². The van der Waals surface area contributed by atoms with E-state index in [1.54, 1.807) is 11.8 Å². The van der Waals surface area contributed by atoms with E-state index in [0.717, 1.165) is 17.7 Å². The Kier molecular flexibility index (Phi) is 5.03. The molecule has 2 N–H and O–H groups in total. The van der Waals surface area contributed by atoms with Gasteiger partial charge in [0.1, 0.15) is 0 Å². The van der Waals surface area contributed by atoms with Crippen LogP contribution in [0.3, 0.4) is 0 Å². The second-order valence-electron chi connectivity index (χ2n) is 5.50. The normalized spacial score (nSPS) is 10.8. The highest BCUT2D eigenvalue weighted by Crippen LogP contribution is 2.17. The van der Waals surface area contributed by atoms with Crippen molar-refractivity contribution in [1.82, 2.24) is 10.3 Å². The van der Waals surface area contributed by atoms with E-state index in [1.807, 2.05) is 42.6 Å². The molecule has 0 radical (unpaired) electrons. The number of benzene rings is 2. The van der Waals surface area contributed by atoms with Gasteiger partial charge in [-0.3, -0.25) is 4.79 Å². The van der Waals surface area contributed by atoms with Crippen LogP contribution in [0.1, 0.15) is 21.5 Å². The topological polar surface area (TPSA) is 44.9 Å². The second-order valence-corrected chi connectivity index (χ2v) is 6.36. The van der Waals surface area contributed by atoms with E-state index in [-0.39, 0.29) is 5.91 Å². The number of fused-ring (bicyclic) bond motifs is 1. The molecule has 118 valence electrons. The van der Waals surface area contributed by atoms with Crippen LogP contribution in [0.2, 0.25) is 0 Å². The largest absolute Gasteiger partial charge is 0.361 e. The molecular formula is C19H20N2OS. The number of H-pyrrole nitrogens is 1. The van der Waals surface area contributed by atoms with Crippen LogP contribution < -0.4 is 5.32 Å². The fraction of sp³-hybridized carbons (Fsp3) is 0.211. The van der Waals surface area contributed by atoms with Crippen molar-refractivity contribution in [3.63, 3.8) is 0 Å². The molecule has 1 amide bonds. The van der Waals surface area contributed by atoms with Gasteiger partial charge in [-0.25, -0.2) is 0 Å². The minimum Gasteiger partial charge on any atom is -0.361 e. The van der Waals surface area contributed by atoms with Gasteiger partial charge in [-0.2, -0.15) is 11.8 Å². The predicted molar refractivity (Wildman–Crippen MR) is 98.0 cm³/mol. The standard InChI is InChI=1S/C19H20N2OS/c1-23-13-14-6-8-15(9-7-14)19(22)20-11-10-16-12-21-18-5-3-2-4-17(16)18/h2-9,12,21H,10-11,13H2,1H3,(H,20,22). The molecule has 0 aliphatic heterocycles. The summed E-state index contributed by atoms with van der Waals surface area (Å²) in [5, 5.41) is 4.22. The molecule has 0 bridgehead atoms. The van der Waals surface area contributed by atoms with Crippen LogP contribution in [0.4, 0.5) is 0 Å². The molecule has 0 spiro atoms. The first-order valence-electron chi connectivity index (χ1n) is 7.69. The van der Waals surface area contributed by atoms with Crippen LogP contribution in [0.25, 0.3) is 10.9 Å². The summed E-state index contributed by atoms with van der Waals surface area (Å²) >= 11 is 1.78. The molecule has 0 aliphatic carbocycles. The van der Waals surface area contributed by atoms with E-state index < -0.39 is 0 Å². The van der Waals surface area contributed by atoms with Crippen molar-refractivity contribution in [2.24, 2.45) is 0 Å². The lowest BCUT2D eigenvalue weighted by Gasteiger charge is -2.06. The Labute approximate surface area is 140 Å². The number of aromatic nitrogens is 1. The van der Waals surface area contributed by atoms with Gasteiger partial charge in [0.2, 0.25) is 0 Å². The van der Waals surface area contributed by atoms with Crippen molar-refractivity contribution >= 4 is 28.6 Å². The van der Waals surface area contributed by atoms with Gasteiger partial charge in [0, 0.05) is 35.0 Å². The lowest BCUT2D eigenvalue weighted by molar-refractivity contribution is 0.0954. The summed E-state index contributed by atoms with van der Waals surface area (Å²) in [6.45, 7) is 0.632. The van der Waals surface area contributed by atoms with Crippen LogP contribution in [-0.4, -0.2) is 23.7 Å². The summed E-state index contributed by atoms with van der Waals surface area (Å²) in [5.41, 5.74) is 4.33. The Morgan fingerprint density at radius 1 is 1.13 bits per heavy atom. The summed E-state index contributed by atoms with van der Waals surface area (Å²) in [6.07, 6.45) is 4.92. The Hall–Kier alpha value is -2.20. The lowest BCUT2D eigenvalue weighted by atomic mass is 10.1. The maximum absolute atomic E-state index is 12.2. The van der Waals surface area contributed by atoms with Gasteiger partial charge in [-0.05, 0) is 42.0 Å². The summed E-state index contributed by atoms with van der Waals surface area (Å²) < 4.78 is 0. The fourth-order valence-corrected chi connectivity index (χ4v) is 3.20. The van der Waals surface area contributed by atoms with Crippen LogP contribution >= 0.6 is 11.8 Å². The Balaban J connectivity index is 1.56. The number of para-hydroxylation sites is 1. The van der Waals surface area contributed by atoms with Crippen LogP contribution in [0.5, 0.6) is 0 Å². The average molecular weight is 324 g/mol. The second kappa shape index (κ2) is 7.38. The molecule has 23 heavy (non-hydrogen) atoms. The molecule has 0 unspecified atom stereocenters. The lowest BCUT2D eigenvalue weighted by Crippen LogP contribution is -2.25. The van der Waals surface area contributed by atoms with E-state index in [9.17, 15) is 4.79 Å². The first kappa shape index (κ1) is 15.7. The minimum atomic E-state index is -0.0134. The molecule has 0 saturated heterocycles. The van der Waals surface area contributed by atoms with Crippen LogP contribution in [-0.2, 0) is 12.2 Å². The third kappa shape index (κ3) is 3.77. The SMILES string of the molecule is CSCc1ccc(C(=O)NCCc2c[nH]c3ccccc23)cc1. The highest BCUT2D eigenvalue weighted by Gasteiger charge is 2.06. The molecule has 2 aromatic carbocycles. The molecule has 3 aromatic rings. The predicted octanol–water partition coefficient (Wildman–Crippen LogP) is 4.00. The maximum atomic E-state index is 12.2. The molecule has 1 aromatic heterocycles. The molecule has 0 saturated carbocycles. The molecule has 1 heterocycles. The number of aromatic amines is 1. The van der Waals surface area contributed by atoms with Gasteiger partial charge < -0.3 is 10.3 Å². The number of hydrogen-bond acceptors (Lipinski definition) is 2. The zero-order valence-electron chi connectivity index (χ0n) is 13.1. The molecule has 3 rings (SSSR count). The first-order valence-corrected chi connectivity index (χ1v) is 9.08. The highest BCUT2D eigenvalue weighted by molar-refractivity contribution is 7.97. The van der Waals surface area contributed by atoms with Crippen molar-refractivity contribution in [2.45, 2.75) is 12.2 Å². The van der Waals surface area contributed by atoms with Gasteiger partial charge in [0.15, 0.2) is 0 Å². The van der Waals surface area contributed by atoms with Crippen LogP contribution in [0.15, 0.2) is 54.7 Å². The van der Waals surface area contributed by atoms with E-state index in [0.29, 0.717) is 12.1 Å². The molecular weight excluding hydrogens is 304 g/mol. The Bertz CT molecular complexity index is 792. The summed E-state index contributed by atoms with van der Waals surface area (Å²) in [4.78, 5) is 15.4. The Morgan fingerprint density at radius 2 is 1.91 bits per heavy atom. The molecule has 0 atom stereocenters. The summed E-state index contributed by atoms with van der Waals surface area (Å²) in [6, 6.07) is 16.1. The number of hydrogen-bond donors (Lipinski definition) is 2. The fourth-order valence-electron chi connectivity index (χ4n) is 2.67. The zero-order chi connectivity index (χ0) is 16.1. The smallest absolute Gasteiger partial charge is 0.251 e. The number of nitrogens with one attached hydrogen (secondary N) is 2. The number of amides is 1. The third-order valence-electron chi connectivity index (χ3n) is 3.88. The van der Waals surface area contributed by atoms with E-state index in [4.69, 9.17) is 0 Å². The Morgan fingerprint density at radius 3 is 2.70 bits per heavy atom. The molecule has 0 aliphatic rings. The summed E-state index contributed by atoms with van der Waals surface area (Å²) in [5.74, 6) is 0.961. The molecule has 0 fully saturated rings. The molecule has 4 heteroatoms. The van der Waals surface area contributed by atoms with Crippen molar-refractivity contribution in [1.29, 1.82) is 0 Å². The number of thioether (sulfide) groups is 1. The average Bonchev–Trinajstić information content (AvgIpc) is 2.99. The zero-order valence-corrected chi connectivity index (χ0v) is 14.0. The summed E-state index contributed by atoms with van der Waals surface area (Å²) in [7, 11) is 0. The monoisotopic (exact) mass is 324 g/mol. The van der Waals surface area contributed by atoms with Crippen LogP contribution in [0, 0.1) is 0 Å². The quantitative estimate of drug-likeness (QED) is 0.720.